The molecule has 2 amide bonds. The van der Waals surface area contributed by atoms with Gasteiger partial charge >= 0.3 is 0 Å². The fraction of sp³-hybridized carbons (Fsp3) is 0.222. The number of nitrogens with one attached hydrogen (secondary N) is 2. The average Bonchev–Trinajstić information content (AvgIpc) is 2.54. The van der Waals surface area contributed by atoms with Gasteiger partial charge in [0, 0.05) is 5.56 Å². The van der Waals surface area contributed by atoms with Crippen LogP contribution < -0.4 is 15.4 Å². The Hall–Kier alpha value is -2.82. The number of fused-ring (bicyclic) bond motifs is 1. The van der Waals surface area contributed by atoms with Gasteiger partial charge < -0.3 is 15.4 Å². The van der Waals surface area contributed by atoms with Gasteiger partial charge in [0.2, 0.25) is 0 Å². The van der Waals surface area contributed by atoms with Crippen molar-refractivity contribution in [1.29, 1.82) is 0 Å². The molecule has 1 atom stereocenters. The SMILES string of the molecule is Cc1ccc(C(C)NC(=O)c2ccc3c(c2)OCC(=O)N3)cc1. The fourth-order valence-electron chi connectivity index (χ4n) is 2.43. The van der Waals surface area contributed by atoms with E-state index in [1.54, 1.807) is 18.2 Å². The van der Waals surface area contributed by atoms with Crippen LogP contribution in [0.2, 0.25) is 0 Å². The average molecular weight is 310 g/mol. The number of ether oxygens (including phenoxy) is 1. The molecule has 0 aromatic heterocycles. The van der Waals surface area contributed by atoms with Crippen LogP contribution >= 0.6 is 0 Å². The molecule has 1 unspecified atom stereocenters. The summed E-state index contributed by atoms with van der Waals surface area (Å²) in [4.78, 5) is 23.6. The van der Waals surface area contributed by atoms with E-state index >= 15 is 0 Å². The molecule has 3 rings (SSSR count). The highest BCUT2D eigenvalue weighted by Crippen LogP contribution is 2.28. The predicted octanol–water partition coefficient (Wildman–Crippen LogP) is 2.82. The number of hydrogen-bond donors (Lipinski definition) is 2. The van der Waals surface area contributed by atoms with E-state index in [9.17, 15) is 9.59 Å². The summed E-state index contributed by atoms with van der Waals surface area (Å²) in [6.45, 7) is 3.94. The van der Waals surface area contributed by atoms with Gasteiger partial charge in [-0.1, -0.05) is 29.8 Å². The first-order chi connectivity index (χ1) is 11.0. The molecule has 2 N–H and O–H groups in total. The minimum atomic E-state index is -0.192. The molecule has 2 aromatic rings. The Balaban J connectivity index is 1.73. The first-order valence-electron chi connectivity index (χ1n) is 7.47. The van der Waals surface area contributed by atoms with E-state index in [1.165, 1.54) is 5.56 Å². The summed E-state index contributed by atoms with van der Waals surface area (Å²) in [7, 11) is 0. The summed E-state index contributed by atoms with van der Waals surface area (Å²) in [5, 5.41) is 5.67. The van der Waals surface area contributed by atoms with E-state index < -0.39 is 0 Å². The van der Waals surface area contributed by atoms with Crippen molar-refractivity contribution in [2.45, 2.75) is 19.9 Å². The van der Waals surface area contributed by atoms with Crippen LogP contribution in [0.1, 0.15) is 34.5 Å². The molecular formula is C18H18N2O3. The molecule has 23 heavy (non-hydrogen) atoms. The topological polar surface area (TPSA) is 67.4 Å². The highest BCUT2D eigenvalue weighted by molar-refractivity contribution is 5.99. The Morgan fingerprint density at radius 1 is 1.22 bits per heavy atom. The second-order valence-corrected chi connectivity index (χ2v) is 5.65. The minimum Gasteiger partial charge on any atom is -0.482 e. The number of carbonyl (C=O) groups is 2. The van der Waals surface area contributed by atoms with Crippen molar-refractivity contribution in [3.8, 4) is 5.75 Å². The molecule has 0 aliphatic carbocycles. The first kappa shape index (κ1) is 15.1. The van der Waals surface area contributed by atoms with Crippen LogP contribution in [0, 0.1) is 6.92 Å². The number of benzene rings is 2. The Kier molecular flexibility index (Phi) is 4.02. The number of amides is 2. The lowest BCUT2D eigenvalue weighted by molar-refractivity contribution is -0.118. The van der Waals surface area contributed by atoms with Crippen LogP contribution in [-0.2, 0) is 4.79 Å². The molecule has 0 radical (unpaired) electrons. The first-order valence-corrected chi connectivity index (χ1v) is 7.47. The summed E-state index contributed by atoms with van der Waals surface area (Å²) >= 11 is 0. The van der Waals surface area contributed by atoms with E-state index in [1.807, 2.05) is 38.1 Å². The van der Waals surface area contributed by atoms with Crippen molar-refractivity contribution >= 4 is 17.5 Å². The van der Waals surface area contributed by atoms with Crippen LogP contribution in [0.25, 0.3) is 0 Å². The van der Waals surface area contributed by atoms with Crippen LogP contribution in [0.3, 0.4) is 0 Å². The molecule has 1 aliphatic heterocycles. The summed E-state index contributed by atoms with van der Waals surface area (Å²) < 4.78 is 5.34. The number of anilines is 1. The van der Waals surface area contributed by atoms with Crippen molar-refractivity contribution < 1.29 is 14.3 Å². The van der Waals surface area contributed by atoms with Crippen LogP contribution in [0.5, 0.6) is 5.75 Å². The van der Waals surface area contributed by atoms with Gasteiger partial charge in [-0.05, 0) is 37.6 Å². The Bertz CT molecular complexity index is 753. The lowest BCUT2D eigenvalue weighted by Gasteiger charge is -2.19. The second-order valence-electron chi connectivity index (χ2n) is 5.65. The number of carbonyl (C=O) groups excluding carboxylic acids is 2. The Labute approximate surface area is 134 Å². The minimum absolute atomic E-state index is 0.0299. The van der Waals surface area contributed by atoms with Gasteiger partial charge in [0.25, 0.3) is 11.8 Å². The van der Waals surface area contributed by atoms with Gasteiger partial charge in [0.05, 0.1) is 11.7 Å². The molecule has 118 valence electrons. The molecule has 0 saturated heterocycles. The van der Waals surface area contributed by atoms with E-state index in [2.05, 4.69) is 10.6 Å². The summed E-state index contributed by atoms with van der Waals surface area (Å²) in [5.74, 6) is 0.143. The monoisotopic (exact) mass is 310 g/mol. The van der Waals surface area contributed by atoms with E-state index in [0.29, 0.717) is 17.0 Å². The smallest absolute Gasteiger partial charge is 0.262 e. The molecule has 0 saturated carbocycles. The number of rotatable bonds is 3. The van der Waals surface area contributed by atoms with Crippen molar-refractivity contribution in [3.05, 3.63) is 59.2 Å². The quantitative estimate of drug-likeness (QED) is 0.916. The van der Waals surface area contributed by atoms with E-state index in [-0.39, 0.29) is 24.5 Å². The van der Waals surface area contributed by atoms with Crippen molar-refractivity contribution in [1.82, 2.24) is 5.32 Å². The maximum absolute atomic E-state index is 12.4. The molecule has 1 heterocycles. The van der Waals surface area contributed by atoms with Gasteiger partial charge in [-0.3, -0.25) is 9.59 Å². The molecule has 2 aromatic carbocycles. The van der Waals surface area contributed by atoms with Gasteiger partial charge in [0.1, 0.15) is 5.75 Å². The molecule has 1 aliphatic rings. The highest BCUT2D eigenvalue weighted by Gasteiger charge is 2.18. The Morgan fingerprint density at radius 3 is 2.70 bits per heavy atom. The molecule has 5 heteroatoms. The van der Waals surface area contributed by atoms with E-state index in [4.69, 9.17) is 4.74 Å². The molecular weight excluding hydrogens is 292 g/mol. The molecule has 0 bridgehead atoms. The van der Waals surface area contributed by atoms with Crippen LogP contribution in [0.15, 0.2) is 42.5 Å². The predicted molar refractivity (Wildman–Crippen MR) is 87.6 cm³/mol. The van der Waals surface area contributed by atoms with Crippen molar-refractivity contribution in [2.24, 2.45) is 0 Å². The lowest BCUT2D eigenvalue weighted by Crippen LogP contribution is -2.28. The van der Waals surface area contributed by atoms with Crippen LogP contribution in [-0.4, -0.2) is 18.4 Å². The summed E-state index contributed by atoms with van der Waals surface area (Å²) in [6.07, 6.45) is 0. The zero-order valence-electron chi connectivity index (χ0n) is 13.1. The van der Waals surface area contributed by atoms with Crippen LogP contribution in [0.4, 0.5) is 5.69 Å². The largest absolute Gasteiger partial charge is 0.482 e. The third-order valence-electron chi connectivity index (χ3n) is 3.80. The zero-order chi connectivity index (χ0) is 16.4. The zero-order valence-corrected chi connectivity index (χ0v) is 13.1. The summed E-state index contributed by atoms with van der Waals surface area (Å²) in [6, 6.07) is 13.0. The normalized spacial score (nSPS) is 14.3. The van der Waals surface area contributed by atoms with E-state index in [0.717, 1.165) is 5.56 Å². The Morgan fingerprint density at radius 2 is 1.96 bits per heavy atom. The fourth-order valence-corrected chi connectivity index (χ4v) is 2.43. The highest BCUT2D eigenvalue weighted by atomic mass is 16.5. The van der Waals surface area contributed by atoms with Crippen molar-refractivity contribution in [2.75, 3.05) is 11.9 Å². The second kappa shape index (κ2) is 6.12. The van der Waals surface area contributed by atoms with Crippen molar-refractivity contribution in [3.63, 3.8) is 0 Å². The maximum Gasteiger partial charge on any atom is 0.262 e. The third kappa shape index (κ3) is 3.34. The maximum atomic E-state index is 12.4. The van der Waals surface area contributed by atoms with Gasteiger partial charge in [-0.2, -0.15) is 0 Å². The summed E-state index contributed by atoms with van der Waals surface area (Å²) in [5.41, 5.74) is 3.31. The van der Waals surface area contributed by atoms with Gasteiger partial charge in [-0.15, -0.1) is 0 Å². The lowest BCUT2D eigenvalue weighted by atomic mass is 10.1. The molecule has 5 nitrogen and oxygen atoms in total. The molecule has 0 spiro atoms. The third-order valence-corrected chi connectivity index (χ3v) is 3.80. The van der Waals surface area contributed by atoms with Gasteiger partial charge in [-0.25, -0.2) is 0 Å². The number of hydrogen-bond acceptors (Lipinski definition) is 3. The van der Waals surface area contributed by atoms with Gasteiger partial charge in [0.15, 0.2) is 6.61 Å². The molecule has 0 fully saturated rings. The standard InChI is InChI=1S/C18H18N2O3/c1-11-3-5-13(6-4-11)12(2)19-18(22)14-7-8-15-16(9-14)23-10-17(21)20-15/h3-9,12H,10H2,1-2H3,(H,19,22)(H,20,21). The number of aryl methyl sites for hydroxylation is 1.